The van der Waals surface area contributed by atoms with Crippen LogP contribution in [-0.4, -0.2) is 74.9 Å². The summed E-state index contributed by atoms with van der Waals surface area (Å²) in [5.74, 6) is -0.847. The van der Waals surface area contributed by atoms with E-state index in [1.54, 1.807) is 0 Å². The van der Waals surface area contributed by atoms with E-state index in [0.29, 0.717) is 23.9 Å². The number of phosphoric acid groups is 1. The molecule has 0 aliphatic rings. The van der Waals surface area contributed by atoms with E-state index < -0.39 is 32.5 Å². The Kier molecular flexibility index (Phi) is 34.6. The van der Waals surface area contributed by atoms with E-state index in [1.165, 1.54) is 128 Å². The van der Waals surface area contributed by atoms with Gasteiger partial charge in [0.1, 0.15) is 19.8 Å². The first-order chi connectivity index (χ1) is 25.0. The lowest BCUT2D eigenvalue weighted by Crippen LogP contribution is -2.37. The van der Waals surface area contributed by atoms with Crippen LogP contribution in [0.2, 0.25) is 0 Å². The second-order valence-corrected chi connectivity index (χ2v) is 17.2. The number of hydrogen-bond acceptors (Lipinski definition) is 7. The molecule has 1 unspecified atom stereocenters. The van der Waals surface area contributed by atoms with Crippen LogP contribution in [0.4, 0.5) is 0 Å². The van der Waals surface area contributed by atoms with Gasteiger partial charge in [-0.25, -0.2) is 4.57 Å². The second kappa shape index (κ2) is 35.5. The molecule has 308 valence electrons. The highest BCUT2D eigenvalue weighted by molar-refractivity contribution is 7.47. The zero-order valence-electron chi connectivity index (χ0n) is 34.6. The minimum absolute atomic E-state index is 0.0303. The fourth-order valence-corrected chi connectivity index (χ4v) is 6.66. The number of unbranched alkanes of at least 4 members (excludes halogenated alkanes) is 23. The number of carbonyl (C=O) groups is 2. The van der Waals surface area contributed by atoms with Gasteiger partial charge in [0.25, 0.3) is 0 Å². The van der Waals surface area contributed by atoms with Crippen molar-refractivity contribution < 1.29 is 42.1 Å². The van der Waals surface area contributed by atoms with Crippen LogP contribution in [0.5, 0.6) is 0 Å². The van der Waals surface area contributed by atoms with E-state index >= 15 is 0 Å². The van der Waals surface area contributed by atoms with Gasteiger partial charge >= 0.3 is 19.8 Å². The number of carbonyl (C=O) groups excluding carboxylic acids is 2. The molecule has 0 saturated heterocycles. The normalized spacial score (nSPS) is 13.7. The predicted molar refractivity (Wildman–Crippen MR) is 215 cm³/mol. The first kappa shape index (κ1) is 50.8. The van der Waals surface area contributed by atoms with Gasteiger partial charge in [-0.1, -0.05) is 167 Å². The molecular formula is C42H83NO8P+. The number of esters is 2. The molecule has 52 heavy (non-hydrogen) atoms. The number of nitrogens with zero attached hydrogens (tertiary/aromatic N) is 1. The third-order valence-corrected chi connectivity index (χ3v) is 10.3. The SMILES string of the molecule is CCCCCCCCCCCCC/C=C/CCC(=O)OC[C@H](COP(=O)(O)OCC[N+](C)(C)C)OC(=O)CCCCCCCCCCCCCCC. The number of allylic oxidation sites excluding steroid dienone is 2. The second-order valence-electron chi connectivity index (χ2n) is 15.7. The van der Waals surface area contributed by atoms with Crippen molar-refractivity contribution in [2.45, 2.75) is 200 Å². The minimum Gasteiger partial charge on any atom is -0.462 e. The Morgan fingerprint density at radius 1 is 0.577 bits per heavy atom. The van der Waals surface area contributed by atoms with Crippen LogP contribution >= 0.6 is 7.82 Å². The predicted octanol–water partition coefficient (Wildman–Crippen LogP) is 11.8. The summed E-state index contributed by atoms with van der Waals surface area (Å²) < 4.78 is 34.2. The third kappa shape index (κ3) is 38.5. The Morgan fingerprint density at radius 2 is 1.02 bits per heavy atom. The molecule has 0 heterocycles. The molecule has 0 bridgehead atoms. The van der Waals surface area contributed by atoms with Crippen LogP contribution in [0.1, 0.15) is 194 Å². The van der Waals surface area contributed by atoms with Gasteiger partial charge in [-0.15, -0.1) is 0 Å². The Balaban J connectivity index is 4.39. The topological polar surface area (TPSA) is 108 Å². The summed E-state index contributed by atoms with van der Waals surface area (Å²) in [6.07, 6.45) is 35.5. The average Bonchev–Trinajstić information content (AvgIpc) is 3.09. The summed E-state index contributed by atoms with van der Waals surface area (Å²) in [4.78, 5) is 35.2. The molecule has 0 radical (unpaired) electrons. The molecule has 0 saturated carbocycles. The van der Waals surface area contributed by atoms with Crippen LogP contribution < -0.4 is 0 Å². The maximum absolute atomic E-state index is 12.6. The molecule has 0 aliphatic carbocycles. The molecule has 10 heteroatoms. The summed E-state index contributed by atoms with van der Waals surface area (Å²) in [5.41, 5.74) is 0. The number of quaternary nitrogens is 1. The first-order valence-electron chi connectivity index (χ1n) is 21.4. The van der Waals surface area contributed by atoms with Gasteiger partial charge in [0.2, 0.25) is 0 Å². The molecule has 0 fully saturated rings. The van der Waals surface area contributed by atoms with Crippen molar-refractivity contribution in [1.29, 1.82) is 0 Å². The van der Waals surface area contributed by atoms with E-state index in [-0.39, 0.29) is 26.1 Å². The Labute approximate surface area is 320 Å². The van der Waals surface area contributed by atoms with Crippen molar-refractivity contribution in [3.63, 3.8) is 0 Å². The Morgan fingerprint density at radius 3 is 1.50 bits per heavy atom. The van der Waals surface area contributed by atoms with E-state index in [1.807, 2.05) is 27.2 Å². The molecule has 0 aromatic carbocycles. The molecule has 0 amide bonds. The highest BCUT2D eigenvalue weighted by Gasteiger charge is 2.27. The maximum Gasteiger partial charge on any atom is 0.472 e. The fourth-order valence-electron chi connectivity index (χ4n) is 5.91. The monoisotopic (exact) mass is 761 g/mol. The smallest absolute Gasteiger partial charge is 0.462 e. The molecule has 0 aliphatic heterocycles. The number of likely N-dealkylation sites (N-methyl/N-ethyl adjacent to an activating group) is 1. The van der Waals surface area contributed by atoms with Crippen molar-refractivity contribution in [2.75, 3.05) is 47.5 Å². The first-order valence-corrected chi connectivity index (χ1v) is 22.9. The van der Waals surface area contributed by atoms with E-state index in [4.69, 9.17) is 18.5 Å². The Hall–Kier alpha value is -1.25. The largest absolute Gasteiger partial charge is 0.472 e. The van der Waals surface area contributed by atoms with Crippen molar-refractivity contribution in [3.8, 4) is 0 Å². The minimum atomic E-state index is -4.37. The summed E-state index contributed by atoms with van der Waals surface area (Å²) in [7, 11) is 1.47. The molecule has 0 aromatic heterocycles. The van der Waals surface area contributed by atoms with Gasteiger partial charge in [0, 0.05) is 12.8 Å². The number of ether oxygens (including phenoxy) is 2. The standard InChI is InChI=1S/C42H82NO8P/c1-6-8-10-12-14-16-18-20-21-23-24-26-28-30-32-34-41(44)48-38-40(39-50-52(46,47)49-37-36-43(3,4)5)51-42(45)35-33-31-29-27-25-22-19-17-15-13-11-9-7-2/h28,30,40H,6-27,29,31-39H2,1-5H3/p+1/b30-28+/t40-/m1/s1. The Bertz CT molecular complexity index is 907. The van der Waals surface area contributed by atoms with E-state index in [9.17, 15) is 19.0 Å². The highest BCUT2D eigenvalue weighted by Crippen LogP contribution is 2.43. The van der Waals surface area contributed by atoms with Gasteiger partial charge in [0.05, 0.1) is 27.7 Å². The molecule has 0 rings (SSSR count). The van der Waals surface area contributed by atoms with Gasteiger partial charge in [-0.05, 0) is 25.7 Å². The van der Waals surface area contributed by atoms with Crippen molar-refractivity contribution in [2.24, 2.45) is 0 Å². The lowest BCUT2D eigenvalue weighted by atomic mass is 10.0. The van der Waals surface area contributed by atoms with Crippen molar-refractivity contribution in [3.05, 3.63) is 12.2 Å². The van der Waals surface area contributed by atoms with Gasteiger partial charge in [0.15, 0.2) is 6.10 Å². The van der Waals surface area contributed by atoms with Crippen LogP contribution in [0.3, 0.4) is 0 Å². The van der Waals surface area contributed by atoms with Crippen molar-refractivity contribution >= 4 is 19.8 Å². The summed E-state index contributed by atoms with van der Waals surface area (Å²) in [6.45, 7) is 4.39. The van der Waals surface area contributed by atoms with Gasteiger partial charge < -0.3 is 18.9 Å². The highest BCUT2D eigenvalue weighted by atomic mass is 31.2. The molecule has 2 atom stereocenters. The number of hydrogen-bond donors (Lipinski definition) is 1. The lowest BCUT2D eigenvalue weighted by molar-refractivity contribution is -0.870. The summed E-state index contributed by atoms with van der Waals surface area (Å²) >= 11 is 0. The third-order valence-electron chi connectivity index (χ3n) is 9.31. The van der Waals surface area contributed by atoms with Crippen molar-refractivity contribution in [1.82, 2.24) is 0 Å². The van der Waals surface area contributed by atoms with Crippen LogP contribution in [0.25, 0.3) is 0 Å². The number of rotatable bonds is 39. The zero-order valence-corrected chi connectivity index (χ0v) is 35.5. The molecule has 0 aromatic rings. The molecule has 9 nitrogen and oxygen atoms in total. The van der Waals surface area contributed by atoms with Gasteiger partial charge in [-0.3, -0.25) is 18.6 Å². The zero-order chi connectivity index (χ0) is 38.6. The van der Waals surface area contributed by atoms with Crippen LogP contribution in [0, 0.1) is 0 Å². The van der Waals surface area contributed by atoms with Crippen LogP contribution in [-0.2, 0) is 32.7 Å². The average molecular weight is 761 g/mol. The molecule has 1 N–H and O–H groups in total. The quantitative estimate of drug-likeness (QED) is 0.0217. The fraction of sp³-hybridized carbons (Fsp3) is 0.905. The maximum atomic E-state index is 12.6. The number of phosphoric ester groups is 1. The molecule has 0 spiro atoms. The van der Waals surface area contributed by atoms with E-state index in [0.717, 1.165) is 25.7 Å². The van der Waals surface area contributed by atoms with Crippen LogP contribution in [0.15, 0.2) is 12.2 Å². The summed E-state index contributed by atoms with van der Waals surface area (Å²) in [6, 6.07) is 0. The molecular weight excluding hydrogens is 677 g/mol. The summed E-state index contributed by atoms with van der Waals surface area (Å²) in [5, 5.41) is 0. The lowest BCUT2D eigenvalue weighted by Gasteiger charge is -2.24. The van der Waals surface area contributed by atoms with Gasteiger partial charge in [-0.2, -0.15) is 0 Å². The van der Waals surface area contributed by atoms with E-state index in [2.05, 4.69) is 19.9 Å².